The second-order valence-electron chi connectivity index (χ2n) is 4.07. The summed E-state index contributed by atoms with van der Waals surface area (Å²) in [5.41, 5.74) is 1.39. The van der Waals surface area contributed by atoms with E-state index in [1.807, 2.05) is 0 Å². The van der Waals surface area contributed by atoms with Gasteiger partial charge in [0.25, 0.3) is 0 Å². The standard InChI is InChI=1S/C12H16FN5/c1-3-5-15-12(11-8-16-17-18(11)2)9-4-6-14-7-10(9)13/h4,6-8,12,15H,3,5H2,1-2H3. The van der Waals surface area contributed by atoms with Crippen LogP contribution in [-0.4, -0.2) is 26.5 Å². The molecule has 0 aromatic carbocycles. The molecule has 0 fully saturated rings. The van der Waals surface area contributed by atoms with Crippen LogP contribution in [0.3, 0.4) is 0 Å². The minimum atomic E-state index is -0.327. The van der Waals surface area contributed by atoms with Gasteiger partial charge in [-0.15, -0.1) is 5.10 Å². The molecular weight excluding hydrogens is 233 g/mol. The maximum atomic E-state index is 13.8. The topological polar surface area (TPSA) is 55.6 Å². The zero-order valence-electron chi connectivity index (χ0n) is 10.5. The van der Waals surface area contributed by atoms with E-state index in [4.69, 9.17) is 0 Å². The van der Waals surface area contributed by atoms with Crippen molar-refractivity contribution in [2.45, 2.75) is 19.4 Å². The first-order valence-electron chi connectivity index (χ1n) is 5.91. The molecule has 18 heavy (non-hydrogen) atoms. The number of aromatic nitrogens is 4. The fraction of sp³-hybridized carbons (Fsp3) is 0.417. The Hall–Kier alpha value is -1.82. The van der Waals surface area contributed by atoms with Crippen LogP contribution in [0.25, 0.3) is 0 Å². The minimum Gasteiger partial charge on any atom is -0.305 e. The van der Waals surface area contributed by atoms with Gasteiger partial charge in [0.05, 0.1) is 24.1 Å². The van der Waals surface area contributed by atoms with Crippen molar-refractivity contribution in [2.24, 2.45) is 7.05 Å². The Balaban J connectivity index is 2.37. The molecule has 2 heterocycles. The number of rotatable bonds is 5. The zero-order chi connectivity index (χ0) is 13.0. The molecule has 2 rings (SSSR count). The molecule has 1 unspecified atom stereocenters. The zero-order valence-corrected chi connectivity index (χ0v) is 10.5. The third-order valence-corrected chi connectivity index (χ3v) is 2.76. The van der Waals surface area contributed by atoms with Gasteiger partial charge in [0, 0.05) is 18.8 Å². The van der Waals surface area contributed by atoms with Gasteiger partial charge >= 0.3 is 0 Å². The molecular formula is C12H16FN5. The fourth-order valence-corrected chi connectivity index (χ4v) is 1.84. The Kier molecular flexibility index (Phi) is 3.99. The van der Waals surface area contributed by atoms with Crippen LogP contribution in [-0.2, 0) is 7.05 Å². The maximum Gasteiger partial charge on any atom is 0.146 e. The summed E-state index contributed by atoms with van der Waals surface area (Å²) >= 11 is 0. The van der Waals surface area contributed by atoms with E-state index in [9.17, 15) is 4.39 Å². The van der Waals surface area contributed by atoms with E-state index in [1.54, 1.807) is 30.2 Å². The smallest absolute Gasteiger partial charge is 0.146 e. The molecule has 0 aliphatic carbocycles. The lowest BCUT2D eigenvalue weighted by atomic mass is 10.0. The molecule has 2 aromatic rings. The molecule has 5 nitrogen and oxygen atoms in total. The van der Waals surface area contributed by atoms with Crippen molar-refractivity contribution in [1.82, 2.24) is 25.3 Å². The van der Waals surface area contributed by atoms with Crippen LogP contribution >= 0.6 is 0 Å². The van der Waals surface area contributed by atoms with Gasteiger partial charge in [0.15, 0.2) is 0 Å². The average Bonchev–Trinajstić information content (AvgIpc) is 2.78. The van der Waals surface area contributed by atoms with Crippen LogP contribution in [0.2, 0.25) is 0 Å². The molecule has 1 N–H and O–H groups in total. The summed E-state index contributed by atoms with van der Waals surface area (Å²) in [5.74, 6) is -0.327. The van der Waals surface area contributed by atoms with E-state index in [2.05, 4.69) is 27.5 Å². The van der Waals surface area contributed by atoms with Crippen LogP contribution in [0.15, 0.2) is 24.7 Å². The van der Waals surface area contributed by atoms with Crippen molar-refractivity contribution < 1.29 is 4.39 Å². The number of hydrogen-bond donors (Lipinski definition) is 1. The summed E-state index contributed by atoms with van der Waals surface area (Å²) in [6.45, 7) is 2.85. The van der Waals surface area contributed by atoms with Crippen LogP contribution in [0.1, 0.15) is 30.6 Å². The molecule has 6 heteroatoms. The van der Waals surface area contributed by atoms with Crippen LogP contribution in [0.5, 0.6) is 0 Å². The molecule has 0 saturated heterocycles. The molecule has 0 spiro atoms. The summed E-state index contributed by atoms with van der Waals surface area (Å²) in [4.78, 5) is 3.77. The highest BCUT2D eigenvalue weighted by Crippen LogP contribution is 2.22. The second-order valence-corrected chi connectivity index (χ2v) is 4.07. The Labute approximate surface area is 105 Å². The molecule has 2 aromatic heterocycles. The lowest BCUT2D eigenvalue weighted by Gasteiger charge is -2.18. The predicted molar refractivity (Wildman–Crippen MR) is 65.3 cm³/mol. The van der Waals surface area contributed by atoms with Gasteiger partial charge in [-0.3, -0.25) is 9.67 Å². The van der Waals surface area contributed by atoms with Crippen LogP contribution < -0.4 is 5.32 Å². The van der Waals surface area contributed by atoms with E-state index in [1.165, 1.54) is 6.20 Å². The van der Waals surface area contributed by atoms with E-state index in [-0.39, 0.29) is 11.9 Å². The van der Waals surface area contributed by atoms with Crippen LogP contribution in [0, 0.1) is 5.82 Å². The highest BCUT2D eigenvalue weighted by atomic mass is 19.1. The predicted octanol–water partition coefficient (Wildman–Crippen LogP) is 1.44. The summed E-state index contributed by atoms with van der Waals surface area (Å²) in [6.07, 6.45) is 5.42. The van der Waals surface area contributed by atoms with Gasteiger partial charge in [0.2, 0.25) is 0 Å². The number of halogens is 1. The largest absolute Gasteiger partial charge is 0.305 e. The Morgan fingerprint density at radius 1 is 1.44 bits per heavy atom. The van der Waals surface area contributed by atoms with Gasteiger partial charge in [-0.2, -0.15) is 0 Å². The molecule has 0 amide bonds. The summed E-state index contributed by atoms with van der Waals surface area (Å²) in [6, 6.07) is 1.42. The Bertz CT molecular complexity index is 511. The lowest BCUT2D eigenvalue weighted by molar-refractivity contribution is 0.516. The normalized spacial score (nSPS) is 12.6. The lowest BCUT2D eigenvalue weighted by Crippen LogP contribution is -2.26. The minimum absolute atomic E-state index is 0.257. The number of hydrogen-bond acceptors (Lipinski definition) is 4. The molecule has 96 valence electrons. The van der Waals surface area contributed by atoms with Crippen molar-refractivity contribution in [3.05, 3.63) is 41.7 Å². The van der Waals surface area contributed by atoms with Crippen molar-refractivity contribution in [1.29, 1.82) is 0 Å². The van der Waals surface area contributed by atoms with Crippen molar-refractivity contribution in [2.75, 3.05) is 6.54 Å². The summed E-state index contributed by atoms with van der Waals surface area (Å²) in [5, 5.41) is 11.0. The first-order valence-corrected chi connectivity index (χ1v) is 5.91. The van der Waals surface area contributed by atoms with Gasteiger partial charge in [-0.1, -0.05) is 12.1 Å². The van der Waals surface area contributed by atoms with Gasteiger partial charge in [-0.25, -0.2) is 4.39 Å². The third kappa shape index (κ3) is 2.53. The molecule has 0 aliphatic heterocycles. The first-order chi connectivity index (χ1) is 8.74. The van der Waals surface area contributed by atoms with E-state index < -0.39 is 0 Å². The SMILES string of the molecule is CCCNC(c1ccncc1F)c1cnnn1C. The summed E-state index contributed by atoms with van der Waals surface area (Å²) < 4.78 is 15.5. The highest BCUT2D eigenvalue weighted by Gasteiger charge is 2.20. The van der Waals surface area contributed by atoms with E-state index in [0.29, 0.717) is 5.56 Å². The number of pyridine rings is 1. The fourth-order valence-electron chi connectivity index (χ4n) is 1.84. The molecule has 1 atom stereocenters. The molecule has 0 bridgehead atoms. The van der Waals surface area contributed by atoms with E-state index in [0.717, 1.165) is 18.7 Å². The van der Waals surface area contributed by atoms with Gasteiger partial charge in [0.1, 0.15) is 5.82 Å². The second kappa shape index (κ2) is 5.68. The number of nitrogens with one attached hydrogen (secondary N) is 1. The monoisotopic (exact) mass is 249 g/mol. The quantitative estimate of drug-likeness (QED) is 0.871. The van der Waals surface area contributed by atoms with Gasteiger partial charge in [-0.05, 0) is 19.0 Å². The number of aryl methyl sites for hydroxylation is 1. The van der Waals surface area contributed by atoms with Gasteiger partial charge < -0.3 is 5.32 Å². The Morgan fingerprint density at radius 3 is 2.89 bits per heavy atom. The van der Waals surface area contributed by atoms with Crippen LogP contribution in [0.4, 0.5) is 4.39 Å². The van der Waals surface area contributed by atoms with Crippen molar-refractivity contribution in [3.63, 3.8) is 0 Å². The van der Waals surface area contributed by atoms with E-state index >= 15 is 0 Å². The number of nitrogens with zero attached hydrogens (tertiary/aromatic N) is 4. The maximum absolute atomic E-state index is 13.8. The Morgan fingerprint density at radius 2 is 2.28 bits per heavy atom. The molecule has 0 aliphatic rings. The molecule has 0 saturated carbocycles. The highest BCUT2D eigenvalue weighted by molar-refractivity contribution is 5.25. The summed E-state index contributed by atoms with van der Waals surface area (Å²) in [7, 11) is 1.79. The molecule has 0 radical (unpaired) electrons. The van der Waals surface area contributed by atoms with Crippen molar-refractivity contribution in [3.8, 4) is 0 Å². The third-order valence-electron chi connectivity index (χ3n) is 2.76. The van der Waals surface area contributed by atoms with Crippen molar-refractivity contribution >= 4 is 0 Å². The average molecular weight is 249 g/mol. The first kappa shape index (κ1) is 12.6.